The lowest BCUT2D eigenvalue weighted by Crippen LogP contribution is -2.30. The Hall–Kier alpha value is -0.975. The largest absolute Gasteiger partial charge is 0.488 e. The van der Waals surface area contributed by atoms with Crippen molar-refractivity contribution < 1.29 is 23.6 Å². The summed E-state index contributed by atoms with van der Waals surface area (Å²) in [7, 11) is -0.755. The van der Waals surface area contributed by atoms with Gasteiger partial charge in [-0.15, -0.1) is 0 Å². The predicted molar refractivity (Wildman–Crippen MR) is 47.2 cm³/mol. The molecule has 0 fully saturated rings. The van der Waals surface area contributed by atoms with Crippen molar-refractivity contribution in [1.82, 2.24) is 0 Å². The third-order valence-electron chi connectivity index (χ3n) is 1.80. The summed E-state index contributed by atoms with van der Waals surface area (Å²) in [5.41, 5.74) is -0.176. The van der Waals surface area contributed by atoms with Gasteiger partial charge in [0.25, 0.3) is 0 Å². The zero-order valence-electron chi connectivity index (χ0n) is 7.45. The van der Waals surface area contributed by atoms with Gasteiger partial charge in [-0.3, -0.25) is 0 Å². The SMILES string of the molecule is COC(F)(F)c1ccc(B(O)O)cc1. The minimum absolute atomic E-state index is 0.153. The molecular weight excluding hydrogens is 193 g/mol. The molecule has 0 amide bonds. The van der Waals surface area contributed by atoms with Gasteiger partial charge in [-0.2, -0.15) is 8.78 Å². The first-order valence-corrected chi connectivity index (χ1v) is 3.87. The second-order valence-electron chi connectivity index (χ2n) is 2.72. The van der Waals surface area contributed by atoms with Crippen LogP contribution < -0.4 is 5.46 Å². The fraction of sp³-hybridized carbons (Fsp3) is 0.250. The van der Waals surface area contributed by atoms with Gasteiger partial charge in [0.05, 0.1) is 5.56 Å². The fourth-order valence-electron chi connectivity index (χ4n) is 0.967. The highest BCUT2D eigenvalue weighted by atomic mass is 19.3. The number of halogens is 2. The molecule has 0 heterocycles. The van der Waals surface area contributed by atoms with Gasteiger partial charge < -0.3 is 14.8 Å². The molecule has 0 bridgehead atoms. The topological polar surface area (TPSA) is 49.7 Å². The lowest BCUT2D eigenvalue weighted by molar-refractivity contribution is -0.231. The number of rotatable bonds is 3. The monoisotopic (exact) mass is 202 g/mol. The van der Waals surface area contributed by atoms with Crippen molar-refractivity contribution in [3.8, 4) is 0 Å². The minimum atomic E-state index is -3.35. The first-order chi connectivity index (χ1) is 6.47. The molecule has 0 spiro atoms. The van der Waals surface area contributed by atoms with E-state index in [1.165, 1.54) is 12.1 Å². The predicted octanol–water partition coefficient (Wildman–Crippen LogP) is 0.0621. The second kappa shape index (κ2) is 4.04. The Bertz CT molecular complexity index is 300. The smallest absolute Gasteiger partial charge is 0.423 e. The van der Waals surface area contributed by atoms with Crippen LogP contribution in [0.3, 0.4) is 0 Å². The standard InChI is InChI=1S/C8H9BF2O3/c1-14-8(10,11)6-2-4-7(5-3-6)9(12)13/h2-5,12-13H,1H3. The van der Waals surface area contributed by atoms with Crippen LogP contribution in [-0.2, 0) is 10.8 Å². The molecular formula is C8H9BF2O3. The molecule has 3 nitrogen and oxygen atoms in total. The van der Waals surface area contributed by atoms with Gasteiger partial charge in [0.1, 0.15) is 0 Å². The number of alkyl halides is 2. The number of benzene rings is 1. The van der Waals surface area contributed by atoms with Gasteiger partial charge >= 0.3 is 13.2 Å². The molecule has 0 aliphatic rings. The third-order valence-corrected chi connectivity index (χ3v) is 1.80. The molecule has 2 N–H and O–H groups in total. The molecule has 0 saturated heterocycles. The molecule has 76 valence electrons. The van der Waals surface area contributed by atoms with Crippen LogP contribution in [0.2, 0.25) is 0 Å². The van der Waals surface area contributed by atoms with Crippen LogP contribution >= 0.6 is 0 Å². The minimum Gasteiger partial charge on any atom is -0.423 e. The van der Waals surface area contributed by atoms with Crippen molar-refractivity contribution in [3.63, 3.8) is 0 Å². The maximum atomic E-state index is 12.9. The van der Waals surface area contributed by atoms with Gasteiger partial charge in [-0.25, -0.2) is 0 Å². The van der Waals surface area contributed by atoms with E-state index in [1.54, 1.807) is 0 Å². The molecule has 14 heavy (non-hydrogen) atoms. The molecule has 0 radical (unpaired) electrons. The summed E-state index contributed by atoms with van der Waals surface area (Å²) in [5.74, 6) is 0. The summed E-state index contributed by atoms with van der Waals surface area (Å²) in [6.45, 7) is 0. The van der Waals surface area contributed by atoms with Crippen molar-refractivity contribution in [2.45, 2.75) is 6.11 Å². The molecule has 0 unspecified atom stereocenters. The van der Waals surface area contributed by atoms with Crippen LogP contribution in [0, 0.1) is 0 Å². The van der Waals surface area contributed by atoms with Crippen molar-refractivity contribution in [1.29, 1.82) is 0 Å². The van der Waals surface area contributed by atoms with E-state index in [1.807, 2.05) is 0 Å². The molecule has 0 aromatic heterocycles. The highest BCUT2D eigenvalue weighted by Gasteiger charge is 2.31. The van der Waals surface area contributed by atoms with Gasteiger partial charge in [0, 0.05) is 7.11 Å². The van der Waals surface area contributed by atoms with Gasteiger partial charge in [0.2, 0.25) is 0 Å². The van der Waals surface area contributed by atoms with E-state index in [-0.39, 0.29) is 11.0 Å². The first kappa shape index (κ1) is 11.1. The van der Waals surface area contributed by atoms with Crippen molar-refractivity contribution in [3.05, 3.63) is 29.8 Å². The summed E-state index contributed by atoms with van der Waals surface area (Å²) >= 11 is 0. The van der Waals surface area contributed by atoms with E-state index in [0.29, 0.717) is 0 Å². The molecule has 6 heteroatoms. The molecule has 1 rings (SSSR count). The van der Waals surface area contributed by atoms with Crippen molar-refractivity contribution in [2.75, 3.05) is 7.11 Å². The lowest BCUT2D eigenvalue weighted by Gasteiger charge is -2.14. The summed E-state index contributed by atoms with van der Waals surface area (Å²) in [4.78, 5) is 0. The van der Waals surface area contributed by atoms with Gasteiger partial charge in [-0.1, -0.05) is 24.3 Å². The second-order valence-corrected chi connectivity index (χ2v) is 2.72. The first-order valence-electron chi connectivity index (χ1n) is 3.87. The van der Waals surface area contributed by atoms with Crippen LogP contribution in [-0.4, -0.2) is 24.3 Å². The van der Waals surface area contributed by atoms with Crippen molar-refractivity contribution >= 4 is 12.6 Å². The Balaban J connectivity index is 2.94. The van der Waals surface area contributed by atoms with Gasteiger partial charge in [-0.05, 0) is 5.46 Å². The van der Waals surface area contributed by atoms with E-state index in [2.05, 4.69) is 4.74 Å². The van der Waals surface area contributed by atoms with Crippen LogP contribution in [0.4, 0.5) is 8.78 Å². The number of methoxy groups -OCH3 is 1. The number of hydrogen-bond donors (Lipinski definition) is 2. The van der Waals surface area contributed by atoms with Crippen LogP contribution in [0.25, 0.3) is 0 Å². The lowest BCUT2D eigenvalue weighted by atomic mass is 9.80. The summed E-state index contributed by atoms with van der Waals surface area (Å²) < 4.78 is 29.7. The Morgan fingerprint density at radius 3 is 2.07 bits per heavy atom. The third kappa shape index (κ3) is 2.28. The summed E-state index contributed by atoms with van der Waals surface area (Å²) in [5, 5.41) is 17.4. The molecule has 0 atom stereocenters. The molecule has 0 aliphatic carbocycles. The van der Waals surface area contributed by atoms with E-state index in [0.717, 1.165) is 19.2 Å². The Kier molecular flexibility index (Phi) is 3.20. The Morgan fingerprint density at radius 1 is 1.21 bits per heavy atom. The Morgan fingerprint density at radius 2 is 1.71 bits per heavy atom. The maximum absolute atomic E-state index is 12.9. The van der Waals surface area contributed by atoms with E-state index < -0.39 is 13.2 Å². The summed E-state index contributed by atoms with van der Waals surface area (Å²) in [6.07, 6.45) is -3.35. The fourth-order valence-corrected chi connectivity index (χ4v) is 0.967. The molecule has 1 aromatic carbocycles. The zero-order valence-corrected chi connectivity index (χ0v) is 7.45. The van der Waals surface area contributed by atoms with Crippen LogP contribution in [0.1, 0.15) is 5.56 Å². The molecule has 0 aliphatic heterocycles. The van der Waals surface area contributed by atoms with E-state index >= 15 is 0 Å². The highest BCUT2D eigenvalue weighted by molar-refractivity contribution is 6.58. The van der Waals surface area contributed by atoms with E-state index in [9.17, 15) is 8.78 Å². The van der Waals surface area contributed by atoms with Gasteiger partial charge in [0.15, 0.2) is 0 Å². The van der Waals surface area contributed by atoms with E-state index in [4.69, 9.17) is 10.0 Å². The molecule has 0 saturated carbocycles. The number of ether oxygens (including phenoxy) is 1. The normalized spacial score (nSPS) is 11.5. The Labute approximate surface area is 80.1 Å². The summed E-state index contributed by atoms with van der Waals surface area (Å²) in [6, 6.07) is 4.57. The van der Waals surface area contributed by atoms with Crippen LogP contribution in [0.15, 0.2) is 24.3 Å². The molecule has 1 aromatic rings. The quantitative estimate of drug-likeness (QED) is 0.681. The average Bonchev–Trinajstić information content (AvgIpc) is 2.18. The number of hydrogen-bond acceptors (Lipinski definition) is 3. The van der Waals surface area contributed by atoms with Crippen molar-refractivity contribution in [2.24, 2.45) is 0 Å². The maximum Gasteiger partial charge on any atom is 0.488 e. The zero-order chi connectivity index (χ0) is 10.8. The average molecular weight is 202 g/mol. The van der Waals surface area contributed by atoms with Crippen LogP contribution in [0.5, 0.6) is 0 Å². The highest BCUT2D eigenvalue weighted by Crippen LogP contribution is 2.27.